The predicted octanol–water partition coefficient (Wildman–Crippen LogP) is 15.7. The number of fused-ring (bicyclic) bond motifs is 6. The Balaban J connectivity index is 1.06. The standard InChI is InChI=1S/C57H35N3S/c1-3-13-36(14-4-1)40-28-25-37-26-29-41(34-43(37)33-40)42-30-27-39-17-11-22-49(52(39)35-42)55-58-56(50-32-31-44(38-15-5-2-6-16-38)45-18-7-8-19-46(45)50)60-57(59-55)51-23-12-21-48-47-20-9-10-24-53(47)61-54(48)51/h1-35H. The van der Waals surface area contributed by atoms with Gasteiger partial charge in [-0.3, -0.25) is 0 Å². The predicted molar refractivity (Wildman–Crippen MR) is 258 cm³/mol. The van der Waals surface area contributed by atoms with E-state index in [1.165, 1.54) is 53.2 Å². The summed E-state index contributed by atoms with van der Waals surface area (Å²) in [6, 6.07) is 75.9. The second-order valence-corrected chi connectivity index (χ2v) is 16.6. The quantitative estimate of drug-likeness (QED) is 0.168. The first-order valence-corrected chi connectivity index (χ1v) is 21.4. The maximum atomic E-state index is 5.39. The highest BCUT2D eigenvalue weighted by atomic mass is 32.1. The average Bonchev–Trinajstić information content (AvgIpc) is 3.72. The molecule has 4 heteroatoms. The van der Waals surface area contributed by atoms with Crippen LogP contribution in [0.15, 0.2) is 212 Å². The fraction of sp³-hybridized carbons (Fsp3) is 0. The lowest BCUT2D eigenvalue weighted by atomic mass is 9.94. The van der Waals surface area contributed by atoms with Crippen molar-refractivity contribution in [2.45, 2.75) is 0 Å². The van der Waals surface area contributed by atoms with Crippen molar-refractivity contribution in [2.24, 2.45) is 0 Å². The summed E-state index contributed by atoms with van der Waals surface area (Å²) < 4.78 is 2.41. The van der Waals surface area contributed by atoms with Gasteiger partial charge in [-0.1, -0.05) is 176 Å². The van der Waals surface area contributed by atoms with E-state index in [4.69, 9.17) is 15.0 Å². The van der Waals surface area contributed by atoms with E-state index in [0.29, 0.717) is 17.5 Å². The van der Waals surface area contributed by atoms with Crippen molar-refractivity contribution in [3.8, 4) is 67.5 Å². The molecule has 0 saturated heterocycles. The van der Waals surface area contributed by atoms with Crippen molar-refractivity contribution >= 4 is 63.8 Å². The minimum Gasteiger partial charge on any atom is -0.208 e. The molecule has 12 rings (SSSR count). The third kappa shape index (κ3) is 6.16. The zero-order chi connectivity index (χ0) is 40.3. The Hall–Kier alpha value is -7.79. The lowest BCUT2D eigenvalue weighted by molar-refractivity contribution is 1.08. The number of hydrogen-bond donors (Lipinski definition) is 0. The Labute approximate surface area is 356 Å². The zero-order valence-electron chi connectivity index (χ0n) is 33.0. The van der Waals surface area contributed by atoms with Crippen LogP contribution < -0.4 is 0 Å². The van der Waals surface area contributed by atoms with Gasteiger partial charge in [0.15, 0.2) is 17.5 Å². The second kappa shape index (κ2) is 14.5. The van der Waals surface area contributed by atoms with Crippen LogP contribution in [0.1, 0.15) is 0 Å². The van der Waals surface area contributed by atoms with Crippen LogP contribution in [0.4, 0.5) is 0 Å². The minimum atomic E-state index is 0.642. The summed E-state index contributed by atoms with van der Waals surface area (Å²) in [5, 5.41) is 9.34. The van der Waals surface area contributed by atoms with E-state index in [1.54, 1.807) is 11.3 Å². The minimum absolute atomic E-state index is 0.642. The van der Waals surface area contributed by atoms with E-state index in [-0.39, 0.29) is 0 Å². The van der Waals surface area contributed by atoms with Gasteiger partial charge in [-0.15, -0.1) is 11.3 Å². The molecule has 0 aliphatic heterocycles. The van der Waals surface area contributed by atoms with Gasteiger partial charge in [0.25, 0.3) is 0 Å². The fourth-order valence-electron chi connectivity index (χ4n) is 8.91. The topological polar surface area (TPSA) is 38.7 Å². The van der Waals surface area contributed by atoms with Crippen molar-refractivity contribution < 1.29 is 0 Å². The lowest BCUT2D eigenvalue weighted by Crippen LogP contribution is -2.01. The molecule has 0 aliphatic carbocycles. The number of hydrogen-bond acceptors (Lipinski definition) is 4. The molecule has 0 atom stereocenters. The molecule has 61 heavy (non-hydrogen) atoms. The van der Waals surface area contributed by atoms with Crippen LogP contribution in [0.25, 0.3) is 120 Å². The summed E-state index contributed by atoms with van der Waals surface area (Å²) in [7, 11) is 0. The SMILES string of the molecule is c1ccc(-c2ccc3ccc(-c4ccc5cccc(-c6nc(-c7ccc(-c8ccccc8)c8ccccc78)nc(-c7cccc8c7sc7ccccc78)n6)c5c4)cc3c2)cc1. The average molecular weight is 794 g/mol. The monoisotopic (exact) mass is 793 g/mol. The van der Waals surface area contributed by atoms with Gasteiger partial charge in [0.2, 0.25) is 0 Å². The third-order valence-corrected chi connectivity index (χ3v) is 13.2. The molecule has 0 aliphatic rings. The Morgan fingerprint density at radius 2 is 0.770 bits per heavy atom. The van der Waals surface area contributed by atoms with Crippen LogP contribution in [-0.2, 0) is 0 Å². The van der Waals surface area contributed by atoms with Crippen LogP contribution in [0.3, 0.4) is 0 Å². The maximum absolute atomic E-state index is 5.39. The Bertz CT molecular complexity index is 3650. The molecule has 0 bridgehead atoms. The number of thiophene rings is 1. The molecule has 12 aromatic rings. The highest BCUT2D eigenvalue weighted by molar-refractivity contribution is 7.26. The highest BCUT2D eigenvalue weighted by Crippen LogP contribution is 2.42. The van der Waals surface area contributed by atoms with E-state index in [2.05, 4.69) is 212 Å². The van der Waals surface area contributed by atoms with Crippen LogP contribution in [0, 0.1) is 0 Å². The Morgan fingerprint density at radius 1 is 0.262 bits per heavy atom. The summed E-state index contributed by atoms with van der Waals surface area (Å²) in [4.78, 5) is 16.1. The molecule has 2 aromatic heterocycles. The number of benzene rings is 10. The van der Waals surface area contributed by atoms with Crippen molar-refractivity contribution in [2.75, 3.05) is 0 Å². The molecule has 10 aromatic carbocycles. The number of aromatic nitrogens is 3. The molecule has 0 unspecified atom stereocenters. The van der Waals surface area contributed by atoms with Crippen LogP contribution >= 0.6 is 11.3 Å². The van der Waals surface area contributed by atoms with Gasteiger partial charge >= 0.3 is 0 Å². The van der Waals surface area contributed by atoms with Gasteiger partial charge in [-0.2, -0.15) is 0 Å². The second-order valence-electron chi connectivity index (χ2n) is 15.5. The molecule has 0 saturated carbocycles. The summed E-state index contributed by atoms with van der Waals surface area (Å²) in [5.41, 5.74) is 10.0. The van der Waals surface area contributed by atoms with E-state index in [1.807, 2.05) is 0 Å². The van der Waals surface area contributed by atoms with Crippen molar-refractivity contribution in [3.05, 3.63) is 212 Å². The van der Waals surface area contributed by atoms with Crippen molar-refractivity contribution in [3.63, 3.8) is 0 Å². The Kier molecular flexibility index (Phi) is 8.36. The first kappa shape index (κ1) is 35.2. The van der Waals surface area contributed by atoms with E-state index < -0.39 is 0 Å². The highest BCUT2D eigenvalue weighted by Gasteiger charge is 2.20. The molecule has 2 heterocycles. The van der Waals surface area contributed by atoms with Crippen molar-refractivity contribution in [1.82, 2.24) is 15.0 Å². The van der Waals surface area contributed by atoms with Gasteiger partial charge in [0, 0.05) is 36.9 Å². The first-order chi connectivity index (χ1) is 30.2. The van der Waals surface area contributed by atoms with Crippen LogP contribution in [-0.4, -0.2) is 15.0 Å². The third-order valence-electron chi connectivity index (χ3n) is 11.9. The van der Waals surface area contributed by atoms with Crippen molar-refractivity contribution in [1.29, 1.82) is 0 Å². The first-order valence-electron chi connectivity index (χ1n) is 20.6. The fourth-order valence-corrected chi connectivity index (χ4v) is 10.1. The van der Waals surface area contributed by atoms with Gasteiger partial charge in [0.1, 0.15) is 0 Å². The molecular weight excluding hydrogens is 759 g/mol. The molecule has 3 nitrogen and oxygen atoms in total. The van der Waals surface area contributed by atoms with Gasteiger partial charge in [-0.05, 0) is 102 Å². The van der Waals surface area contributed by atoms with Gasteiger partial charge < -0.3 is 0 Å². The molecule has 0 fully saturated rings. The molecule has 0 N–H and O–H groups in total. The smallest absolute Gasteiger partial charge is 0.165 e. The normalized spacial score (nSPS) is 11.6. The number of nitrogens with zero attached hydrogens (tertiary/aromatic N) is 3. The largest absolute Gasteiger partial charge is 0.208 e. The summed E-state index contributed by atoms with van der Waals surface area (Å²) in [5.74, 6) is 1.94. The lowest BCUT2D eigenvalue weighted by Gasteiger charge is -2.14. The molecule has 284 valence electrons. The van der Waals surface area contributed by atoms with Crippen LogP contribution in [0.5, 0.6) is 0 Å². The maximum Gasteiger partial charge on any atom is 0.165 e. The summed E-state index contributed by atoms with van der Waals surface area (Å²) in [6.07, 6.45) is 0. The molecular formula is C57H35N3S. The molecule has 0 spiro atoms. The Morgan fingerprint density at radius 3 is 1.51 bits per heavy atom. The molecule has 0 radical (unpaired) electrons. The summed E-state index contributed by atoms with van der Waals surface area (Å²) >= 11 is 1.79. The van der Waals surface area contributed by atoms with E-state index >= 15 is 0 Å². The molecule has 0 amide bonds. The van der Waals surface area contributed by atoms with Gasteiger partial charge in [-0.25, -0.2) is 15.0 Å². The van der Waals surface area contributed by atoms with E-state index in [0.717, 1.165) is 49.4 Å². The summed E-state index contributed by atoms with van der Waals surface area (Å²) in [6.45, 7) is 0. The van der Waals surface area contributed by atoms with E-state index in [9.17, 15) is 0 Å². The van der Waals surface area contributed by atoms with Crippen LogP contribution in [0.2, 0.25) is 0 Å². The number of rotatable bonds is 6. The zero-order valence-corrected chi connectivity index (χ0v) is 33.8. The van der Waals surface area contributed by atoms with Gasteiger partial charge in [0.05, 0.1) is 0 Å².